The average molecular weight is 700 g/mol. The van der Waals surface area contributed by atoms with E-state index in [4.69, 9.17) is 39.5 Å². The lowest BCUT2D eigenvalue weighted by molar-refractivity contribution is 0.0588. The van der Waals surface area contributed by atoms with Crippen LogP contribution in [-0.2, 0) is 13.1 Å². The van der Waals surface area contributed by atoms with Crippen LogP contribution in [0.4, 0.5) is 4.39 Å². The number of halogens is 4. The fourth-order valence-electron chi connectivity index (χ4n) is 6.92. The third-order valence-electron chi connectivity index (χ3n) is 9.04. The molecular formula is C36H38Cl3FN4O3. The van der Waals surface area contributed by atoms with Crippen LogP contribution < -0.4 is 10.1 Å². The lowest BCUT2D eigenvalue weighted by Crippen LogP contribution is -2.54. The molecule has 2 atom stereocenters. The van der Waals surface area contributed by atoms with Crippen LogP contribution in [0.15, 0.2) is 60.8 Å². The molecule has 6 rings (SSSR count). The molecule has 3 heterocycles. The molecule has 2 aliphatic rings. The van der Waals surface area contributed by atoms with E-state index < -0.39 is 5.82 Å². The summed E-state index contributed by atoms with van der Waals surface area (Å²) in [6, 6.07) is 16.1. The Morgan fingerprint density at radius 2 is 1.72 bits per heavy atom. The van der Waals surface area contributed by atoms with Crippen LogP contribution >= 0.6 is 34.8 Å². The lowest BCUT2D eigenvalue weighted by atomic mass is 10.1. The number of carbonyl (C=O) groups is 2. The number of benzene rings is 3. The van der Waals surface area contributed by atoms with Gasteiger partial charge >= 0.3 is 0 Å². The van der Waals surface area contributed by atoms with Gasteiger partial charge in [-0.2, -0.15) is 0 Å². The van der Waals surface area contributed by atoms with E-state index >= 15 is 0 Å². The number of aryl methyl sites for hydroxylation is 1. The number of carbonyl (C=O) groups excluding carboxylic acids is 2. The van der Waals surface area contributed by atoms with Crippen LogP contribution in [0, 0.1) is 5.82 Å². The van der Waals surface area contributed by atoms with Crippen molar-refractivity contribution in [3.63, 3.8) is 0 Å². The molecule has 2 fully saturated rings. The van der Waals surface area contributed by atoms with E-state index in [0.717, 1.165) is 67.7 Å². The number of ketones is 1. The molecule has 1 amide bonds. The van der Waals surface area contributed by atoms with Gasteiger partial charge in [0.1, 0.15) is 11.6 Å². The average Bonchev–Trinajstić information content (AvgIpc) is 3.52. The summed E-state index contributed by atoms with van der Waals surface area (Å²) in [6.45, 7) is 7.88. The normalized spacial score (nSPS) is 18.3. The van der Waals surface area contributed by atoms with Crippen LogP contribution in [0.2, 0.25) is 15.1 Å². The van der Waals surface area contributed by atoms with E-state index in [9.17, 15) is 14.0 Å². The Balaban J connectivity index is 1.12. The molecule has 3 aromatic carbocycles. The van der Waals surface area contributed by atoms with Gasteiger partial charge in [0.25, 0.3) is 5.91 Å². The molecule has 2 unspecified atom stereocenters. The van der Waals surface area contributed by atoms with Gasteiger partial charge in [-0.3, -0.25) is 19.4 Å². The van der Waals surface area contributed by atoms with Crippen LogP contribution in [0.5, 0.6) is 5.75 Å². The molecule has 0 saturated carbocycles. The monoisotopic (exact) mass is 698 g/mol. The minimum atomic E-state index is -0.522. The highest BCUT2D eigenvalue weighted by atomic mass is 35.5. The number of ether oxygens (including phenoxy) is 1. The standard InChI is InChI=1S/C36H38Cl3FN4O3/c1-22(2)47-34-6-3-5-27-28(36(46)41-17-23-7-11-29(37)30(38)15-23)20-43(35(27)34)13-4-14-44-25-9-10-26(44)19-42(18-25)21-33(45)24-8-12-32(40)31(39)16-24/h3,5-8,11-12,15-16,20,22,25-26H,4,9-10,13-14,17-19,21H2,1-2H3,(H,41,46). The van der Waals surface area contributed by atoms with Crippen LogP contribution in [0.25, 0.3) is 10.9 Å². The third-order valence-corrected chi connectivity index (χ3v) is 10.1. The quantitative estimate of drug-likeness (QED) is 0.153. The van der Waals surface area contributed by atoms with Crippen molar-refractivity contribution in [2.75, 3.05) is 26.2 Å². The Labute approximate surface area is 289 Å². The van der Waals surface area contributed by atoms with Crippen molar-refractivity contribution < 1.29 is 18.7 Å². The van der Waals surface area contributed by atoms with Gasteiger partial charge < -0.3 is 14.6 Å². The Bertz CT molecular complexity index is 1780. The third kappa shape index (κ3) is 7.63. The van der Waals surface area contributed by atoms with Gasteiger partial charge in [-0.25, -0.2) is 4.39 Å². The number of fused-ring (bicyclic) bond motifs is 3. The molecular weight excluding hydrogens is 662 g/mol. The molecule has 11 heteroatoms. The fourth-order valence-corrected chi connectivity index (χ4v) is 7.42. The molecule has 7 nitrogen and oxygen atoms in total. The molecule has 1 N–H and O–H groups in total. The molecule has 2 bridgehead atoms. The number of hydrogen-bond donors (Lipinski definition) is 1. The molecule has 0 aliphatic carbocycles. The molecule has 248 valence electrons. The number of rotatable bonds is 12. The van der Waals surface area contributed by atoms with E-state index in [1.807, 2.05) is 44.3 Å². The first-order valence-electron chi connectivity index (χ1n) is 16.0. The number of nitrogens with one attached hydrogen (secondary N) is 1. The largest absolute Gasteiger partial charge is 0.489 e. The van der Waals surface area contributed by atoms with Crippen molar-refractivity contribution in [2.45, 2.75) is 64.4 Å². The number of para-hydroxylation sites is 1. The second kappa shape index (κ2) is 14.5. The Morgan fingerprint density at radius 1 is 0.957 bits per heavy atom. The summed E-state index contributed by atoms with van der Waals surface area (Å²) in [4.78, 5) is 31.2. The number of aromatic nitrogens is 1. The van der Waals surface area contributed by atoms with Crippen LogP contribution in [0.3, 0.4) is 0 Å². The number of piperazine rings is 1. The zero-order chi connectivity index (χ0) is 33.2. The van der Waals surface area contributed by atoms with E-state index in [1.165, 1.54) is 18.2 Å². The summed E-state index contributed by atoms with van der Waals surface area (Å²) in [5, 5.41) is 4.77. The molecule has 4 aromatic rings. The first-order chi connectivity index (χ1) is 22.6. The Morgan fingerprint density at radius 3 is 2.43 bits per heavy atom. The summed E-state index contributed by atoms with van der Waals surface area (Å²) in [5.74, 6) is 0.0104. The molecule has 2 saturated heterocycles. The van der Waals surface area contributed by atoms with E-state index in [1.54, 1.807) is 12.1 Å². The molecule has 1 aromatic heterocycles. The minimum absolute atomic E-state index is 0.0188. The Kier molecular flexibility index (Phi) is 10.4. The zero-order valence-electron chi connectivity index (χ0n) is 26.4. The van der Waals surface area contributed by atoms with Crippen LogP contribution in [-0.4, -0.2) is 70.4 Å². The number of amides is 1. The van der Waals surface area contributed by atoms with E-state index in [2.05, 4.69) is 19.7 Å². The number of hydrogen-bond acceptors (Lipinski definition) is 5. The van der Waals surface area contributed by atoms with Gasteiger partial charge in [-0.15, -0.1) is 0 Å². The Hall–Kier alpha value is -3.14. The summed E-state index contributed by atoms with van der Waals surface area (Å²) < 4.78 is 21.9. The van der Waals surface area contributed by atoms with Crippen molar-refractivity contribution in [1.29, 1.82) is 0 Å². The lowest BCUT2D eigenvalue weighted by Gasteiger charge is -2.41. The smallest absolute Gasteiger partial charge is 0.253 e. The van der Waals surface area contributed by atoms with Crippen LogP contribution in [0.1, 0.15) is 59.4 Å². The summed E-state index contributed by atoms with van der Waals surface area (Å²) in [5.41, 5.74) is 2.80. The number of likely N-dealkylation sites (tertiary alicyclic amines) is 1. The maximum Gasteiger partial charge on any atom is 0.253 e. The van der Waals surface area contributed by atoms with Crippen molar-refractivity contribution in [3.05, 3.63) is 98.4 Å². The minimum Gasteiger partial charge on any atom is -0.489 e. The topological polar surface area (TPSA) is 66.8 Å². The van der Waals surface area contributed by atoms with Crippen molar-refractivity contribution in [3.8, 4) is 5.75 Å². The fraction of sp³-hybridized carbons (Fsp3) is 0.389. The second-order valence-electron chi connectivity index (χ2n) is 12.7. The van der Waals surface area contributed by atoms with Gasteiger partial charge in [0, 0.05) is 62.0 Å². The molecule has 47 heavy (non-hydrogen) atoms. The predicted molar refractivity (Wildman–Crippen MR) is 186 cm³/mol. The second-order valence-corrected chi connectivity index (χ2v) is 13.9. The van der Waals surface area contributed by atoms with Crippen molar-refractivity contribution in [2.24, 2.45) is 0 Å². The summed E-state index contributed by atoms with van der Waals surface area (Å²) >= 11 is 18.1. The van der Waals surface area contributed by atoms with E-state index in [-0.39, 0.29) is 22.8 Å². The highest BCUT2D eigenvalue weighted by Gasteiger charge is 2.39. The molecule has 2 aliphatic heterocycles. The highest BCUT2D eigenvalue weighted by molar-refractivity contribution is 6.42. The molecule has 0 radical (unpaired) electrons. The number of Topliss-reactive ketones (excluding diaryl/α,β-unsaturated/α-hetero) is 1. The predicted octanol–water partition coefficient (Wildman–Crippen LogP) is 7.88. The van der Waals surface area contributed by atoms with Crippen molar-refractivity contribution >= 4 is 57.4 Å². The number of nitrogens with zero attached hydrogens (tertiary/aromatic N) is 3. The summed E-state index contributed by atoms with van der Waals surface area (Å²) in [6.07, 6.45) is 5.00. The van der Waals surface area contributed by atoms with Crippen molar-refractivity contribution in [1.82, 2.24) is 19.7 Å². The van der Waals surface area contributed by atoms with Gasteiger partial charge in [0.2, 0.25) is 0 Å². The first-order valence-corrected chi connectivity index (χ1v) is 17.2. The van der Waals surface area contributed by atoms with Gasteiger partial charge in [0.15, 0.2) is 5.78 Å². The molecule has 0 spiro atoms. The summed E-state index contributed by atoms with van der Waals surface area (Å²) in [7, 11) is 0. The highest BCUT2D eigenvalue weighted by Crippen LogP contribution is 2.33. The zero-order valence-corrected chi connectivity index (χ0v) is 28.7. The van der Waals surface area contributed by atoms with E-state index in [0.29, 0.717) is 46.3 Å². The van der Waals surface area contributed by atoms with Gasteiger partial charge in [-0.05, 0) is 75.1 Å². The van der Waals surface area contributed by atoms with Gasteiger partial charge in [-0.1, -0.05) is 53.0 Å². The van der Waals surface area contributed by atoms with Gasteiger partial charge in [0.05, 0.1) is 38.8 Å². The maximum absolute atomic E-state index is 13.6. The first kappa shape index (κ1) is 33.7. The maximum atomic E-state index is 13.6. The SMILES string of the molecule is CC(C)Oc1cccc2c(C(=O)NCc3ccc(Cl)c(Cl)c3)cn(CCCN3C4CCC3CN(CC(=O)c3ccc(F)c(Cl)c3)C4)c12.